The molecule has 0 heterocycles. The normalized spacial score (nSPS) is 12.1. The smallest absolute Gasteiger partial charge is 0.299 e. The van der Waals surface area contributed by atoms with Gasteiger partial charge in [-0.15, -0.1) is 0 Å². The van der Waals surface area contributed by atoms with Crippen molar-refractivity contribution < 1.29 is 30.7 Å². The quantitative estimate of drug-likeness (QED) is 0.223. The maximum Gasteiger partial charge on any atom is 0.299 e. The Morgan fingerprint density at radius 1 is 0.667 bits per heavy atom. The second-order valence-electron chi connectivity index (χ2n) is 8.12. The Balaban J connectivity index is 2.08. The Morgan fingerprint density at radius 3 is 1.70 bits per heavy atom. The molecule has 0 atom stereocenters. The van der Waals surface area contributed by atoms with Crippen molar-refractivity contribution >= 4 is 20.2 Å². The average Bonchev–Trinajstić information content (AvgIpc) is 2.76. The molecule has 0 saturated carbocycles. The summed E-state index contributed by atoms with van der Waals surface area (Å²) in [7, 11) is -10.00. The van der Waals surface area contributed by atoms with Crippen LogP contribution in [0.15, 0.2) is 52.3 Å². The molecule has 0 unspecified atom stereocenters. The van der Waals surface area contributed by atoms with Gasteiger partial charge in [0.1, 0.15) is 10.6 Å². The van der Waals surface area contributed by atoms with E-state index in [-0.39, 0.29) is 17.9 Å². The molecular weight excluding hydrogens is 464 g/mol. The van der Waals surface area contributed by atoms with E-state index in [1.807, 2.05) is 0 Å². The molecule has 2 N–H and O–H groups in total. The van der Waals surface area contributed by atoms with Crippen molar-refractivity contribution in [3.8, 4) is 16.9 Å². The molecule has 0 aromatic heterocycles. The van der Waals surface area contributed by atoms with Crippen molar-refractivity contribution in [1.82, 2.24) is 0 Å². The third-order valence-corrected chi connectivity index (χ3v) is 7.42. The average molecular weight is 499 g/mol. The first-order chi connectivity index (χ1) is 15.7. The minimum absolute atomic E-state index is 0.0444. The van der Waals surface area contributed by atoms with Crippen LogP contribution in [0.25, 0.3) is 11.1 Å². The number of unbranched alkanes of at least 4 members (excludes halogenated alkanes) is 9. The van der Waals surface area contributed by atoms with E-state index >= 15 is 0 Å². The fourth-order valence-electron chi connectivity index (χ4n) is 3.78. The molecule has 2 aromatic carbocycles. The van der Waals surface area contributed by atoms with Gasteiger partial charge in [0.2, 0.25) is 0 Å². The SMILES string of the molecule is CCCCCCCCCCCCOc1ccc(-c2ccccc2)c(S(=O)(=O)O)c1S(=O)(=O)O. The summed E-state index contributed by atoms with van der Waals surface area (Å²) in [4.78, 5) is -1.84. The summed E-state index contributed by atoms with van der Waals surface area (Å²) >= 11 is 0. The van der Waals surface area contributed by atoms with E-state index in [9.17, 15) is 25.9 Å². The largest absolute Gasteiger partial charge is 0.492 e. The van der Waals surface area contributed by atoms with Crippen LogP contribution in [-0.2, 0) is 20.2 Å². The number of ether oxygens (including phenoxy) is 1. The van der Waals surface area contributed by atoms with Crippen LogP contribution < -0.4 is 4.74 Å². The molecule has 9 heteroatoms. The summed E-state index contributed by atoms with van der Waals surface area (Å²) in [5, 5.41) is 0. The summed E-state index contributed by atoms with van der Waals surface area (Å²) in [6.07, 6.45) is 11.2. The maximum absolute atomic E-state index is 12.1. The molecule has 184 valence electrons. The Labute approximate surface area is 197 Å². The molecule has 7 nitrogen and oxygen atoms in total. The van der Waals surface area contributed by atoms with Crippen LogP contribution in [0.1, 0.15) is 71.1 Å². The van der Waals surface area contributed by atoms with Crippen molar-refractivity contribution in [2.45, 2.75) is 80.9 Å². The van der Waals surface area contributed by atoms with E-state index in [0.29, 0.717) is 12.0 Å². The molecule has 0 aliphatic carbocycles. The summed E-state index contributed by atoms with van der Waals surface area (Å²) in [6.45, 7) is 2.36. The highest BCUT2D eigenvalue weighted by atomic mass is 32.2. The van der Waals surface area contributed by atoms with E-state index < -0.39 is 30.0 Å². The van der Waals surface area contributed by atoms with Crippen LogP contribution in [0.3, 0.4) is 0 Å². The molecule has 0 aliphatic heterocycles. The Kier molecular flexibility index (Phi) is 10.8. The molecule has 0 spiro atoms. The van der Waals surface area contributed by atoms with Gasteiger partial charge in [-0.3, -0.25) is 9.11 Å². The molecule has 0 fully saturated rings. The Bertz CT molecular complexity index is 1080. The lowest BCUT2D eigenvalue weighted by Crippen LogP contribution is -2.13. The van der Waals surface area contributed by atoms with Gasteiger partial charge in [-0.05, 0) is 24.1 Å². The second kappa shape index (κ2) is 13.1. The monoisotopic (exact) mass is 498 g/mol. The topological polar surface area (TPSA) is 118 Å². The lowest BCUT2D eigenvalue weighted by molar-refractivity contribution is 0.293. The molecule has 0 saturated heterocycles. The second-order valence-corrected chi connectivity index (χ2v) is 10.8. The van der Waals surface area contributed by atoms with E-state index in [1.54, 1.807) is 30.3 Å². The van der Waals surface area contributed by atoms with Crippen molar-refractivity contribution in [1.29, 1.82) is 0 Å². The molecular formula is C24H34O7S2. The predicted molar refractivity (Wildman–Crippen MR) is 129 cm³/mol. The van der Waals surface area contributed by atoms with Crippen LogP contribution in [0.4, 0.5) is 0 Å². The lowest BCUT2D eigenvalue weighted by Gasteiger charge is -2.16. The Hall–Kier alpha value is -1.94. The molecule has 0 amide bonds. The van der Waals surface area contributed by atoms with Crippen molar-refractivity contribution in [2.24, 2.45) is 0 Å². The molecule has 0 radical (unpaired) electrons. The molecule has 33 heavy (non-hydrogen) atoms. The highest BCUT2D eigenvalue weighted by molar-refractivity contribution is 7.89. The summed E-state index contributed by atoms with van der Waals surface area (Å²) in [5.41, 5.74) is 0.327. The molecule has 0 bridgehead atoms. The van der Waals surface area contributed by atoms with Crippen LogP contribution in [0.5, 0.6) is 5.75 Å². The van der Waals surface area contributed by atoms with Gasteiger partial charge in [0, 0.05) is 5.56 Å². The van der Waals surface area contributed by atoms with E-state index in [1.165, 1.54) is 50.7 Å². The van der Waals surface area contributed by atoms with E-state index in [4.69, 9.17) is 4.74 Å². The first-order valence-electron chi connectivity index (χ1n) is 11.5. The first kappa shape index (κ1) is 27.3. The third-order valence-electron chi connectivity index (χ3n) is 5.43. The van der Waals surface area contributed by atoms with Gasteiger partial charge in [0.05, 0.1) is 6.61 Å². The molecule has 2 rings (SSSR count). The van der Waals surface area contributed by atoms with E-state index in [0.717, 1.165) is 19.3 Å². The number of hydrogen-bond acceptors (Lipinski definition) is 5. The van der Waals surface area contributed by atoms with Gasteiger partial charge in [0.15, 0.2) is 4.90 Å². The van der Waals surface area contributed by atoms with E-state index in [2.05, 4.69) is 6.92 Å². The standard InChI is InChI=1S/C24H34O7S2/c1-2-3-4-5-6-7-8-9-10-14-19-31-22-18-17-21(20-15-12-11-13-16-20)23(32(25,26)27)24(22)33(28,29)30/h11-13,15-18H,2-10,14,19H2,1H3,(H,25,26,27)(H,28,29,30). The van der Waals surface area contributed by atoms with Crippen molar-refractivity contribution in [2.75, 3.05) is 6.61 Å². The van der Waals surface area contributed by atoms with Gasteiger partial charge in [0.25, 0.3) is 20.2 Å². The zero-order valence-corrected chi connectivity index (χ0v) is 20.7. The van der Waals surface area contributed by atoms with Crippen LogP contribution in [0.2, 0.25) is 0 Å². The zero-order chi connectivity index (χ0) is 24.3. The minimum atomic E-state index is -5.01. The van der Waals surface area contributed by atoms with Crippen LogP contribution >= 0.6 is 0 Å². The molecule has 2 aromatic rings. The van der Waals surface area contributed by atoms with Gasteiger partial charge < -0.3 is 4.74 Å². The van der Waals surface area contributed by atoms with Crippen LogP contribution in [0, 0.1) is 0 Å². The Morgan fingerprint density at radius 2 is 1.18 bits per heavy atom. The number of hydrogen-bond donors (Lipinski definition) is 2. The van der Waals surface area contributed by atoms with Gasteiger partial charge in [-0.25, -0.2) is 0 Å². The highest BCUT2D eigenvalue weighted by Crippen LogP contribution is 2.38. The third kappa shape index (κ3) is 8.73. The first-order valence-corrected chi connectivity index (χ1v) is 14.3. The van der Waals surface area contributed by atoms with Gasteiger partial charge in [-0.2, -0.15) is 16.8 Å². The van der Waals surface area contributed by atoms with Crippen molar-refractivity contribution in [3.05, 3.63) is 42.5 Å². The van der Waals surface area contributed by atoms with Gasteiger partial charge >= 0.3 is 0 Å². The number of rotatable bonds is 15. The van der Waals surface area contributed by atoms with Crippen LogP contribution in [-0.4, -0.2) is 32.5 Å². The number of benzene rings is 2. The fraction of sp³-hybridized carbons (Fsp3) is 0.500. The zero-order valence-electron chi connectivity index (χ0n) is 19.1. The maximum atomic E-state index is 12.1. The predicted octanol–water partition coefficient (Wildman–Crippen LogP) is 6.15. The molecule has 0 aliphatic rings. The highest BCUT2D eigenvalue weighted by Gasteiger charge is 2.32. The fourth-order valence-corrected chi connectivity index (χ4v) is 5.93. The lowest BCUT2D eigenvalue weighted by atomic mass is 10.1. The minimum Gasteiger partial charge on any atom is -0.492 e. The summed E-state index contributed by atoms with van der Waals surface area (Å²) in [5.74, 6) is -0.305. The van der Waals surface area contributed by atoms with Crippen molar-refractivity contribution in [3.63, 3.8) is 0 Å². The summed E-state index contributed by atoms with van der Waals surface area (Å²) in [6, 6.07) is 10.8. The van der Waals surface area contributed by atoms with Gasteiger partial charge in [-0.1, -0.05) is 95.0 Å². The summed E-state index contributed by atoms with van der Waals surface area (Å²) < 4.78 is 73.6.